The second-order valence-corrected chi connectivity index (χ2v) is 6.51. The van der Waals surface area contributed by atoms with Gasteiger partial charge in [0, 0.05) is 41.7 Å². The van der Waals surface area contributed by atoms with Gasteiger partial charge in [-0.05, 0) is 49.7 Å². The van der Waals surface area contributed by atoms with Crippen LogP contribution in [0.4, 0.5) is 5.69 Å². The number of nitrogens with one attached hydrogen (secondary N) is 2. The Morgan fingerprint density at radius 1 is 1.23 bits per heavy atom. The summed E-state index contributed by atoms with van der Waals surface area (Å²) < 4.78 is 1.76. The van der Waals surface area contributed by atoms with Crippen molar-refractivity contribution in [3.63, 3.8) is 0 Å². The molecule has 1 aliphatic rings. The first-order chi connectivity index (χ1) is 12.7. The van der Waals surface area contributed by atoms with Gasteiger partial charge in [0.05, 0.1) is 23.3 Å². The minimum atomic E-state index is 0.364. The van der Waals surface area contributed by atoms with Crippen LogP contribution in [0, 0.1) is 5.41 Å². The van der Waals surface area contributed by atoms with E-state index in [1.807, 2.05) is 24.4 Å². The van der Waals surface area contributed by atoms with Crippen molar-refractivity contribution in [2.75, 3.05) is 18.8 Å². The van der Waals surface area contributed by atoms with Gasteiger partial charge in [0.15, 0.2) is 0 Å². The van der Waals surface area contributed by atoms with E-state index in [2.05, 4.69) is 20.6 Å². The molecular formula is C19H21N7. The van der Waals surface area contributed by atoms with Crippen LogP contribution in [0.5, 0.6) is 0 Å². The number of rotatable bonds is 4. The number of pyridine rings is 1. The number of benzene rings is 1. The number of anilines is 1. The molecule has 132 valence electrons. The molecule has 1 saturated heterocycles. The van der Waals surface area contributed by atoms with Gasteiger partial charge in [-0.25, -0.2) is 4.68 Å². The van der Waals surface area contributed by atoms with Gasteiger partial charge in [-0.3, -0.25) is 10.4 Å². The number of hydrogen-bond acceptors (Lipinski definition) is 6. The SMILES string of the molecule is N=C(c1ccncc1)c1cc(-n2cc(C3CCCNC3)nn2)ccc1N. The normalized spacial score (nSPS) is 17.2. The lowest BCUT2D eigenvalue weighted by Gasteiger charge is -2.20. The summed E-state index contributed by atoms with van der Waals surface area (Å²) in [7, 11) is 0. The molecule has 0 saturated carbocycles. The zero-order valence-electron chi connectivity index (χ0n) is 14.4. The summed E-state index contributed by atoms with van der Waals surface area (Å²) in [4.78, 5) is 4.00. The monoisotopic (exact) mass is 347 g/mol. The van der Waals surface area contributed by atoms with Gasteiger partial charge in [0.2, 0.25) is 0 Å². The van der Waals surface area contributed by atoms with E-state index in [-0.39, 0.29) is 0 Å². The van der Waals surface area contributed by atoms with Crippen molar-refractivity contribution in [3.8, 4) is 5.69 Å². The van der Waals surface area contributed by atoms with Gasteiger partial charge < -0.3 is 11.1 Å². The highest BCUT2D eigenvalue weighted by molar-refractivity contribution is 6.14. The summed E-state index contributed by atoms with van der Waals surface area (Å²) in [5, 5.41) is 20.5. The lowest BCUT2D eigenvalue weighted by molar-refractivity contribution is 0.454. The Labute approximate surface area is 151 Å². The standard InChI is InChI=1S/C19H21N7/c20-17-4-3-15(10-16(17)19(21)13-5-8-22-9-6-13)26-12-18(24-25-26)14-2-1-7-23-11-14/h3-6,8-10,12,14,21,23H,1-2,7,11,20H2. The topological polar surface area (TPSA) is 106 Å². The fraction of sp³-hybridized carbons (Fsp3) is 0.263. The molecule has 3 heterocycles. The van der Waals surface area contributed by atoms with Crippen LogP contribution in [-0.2, 0) is 0 Å². The van der Waals surface area contributed by atoms with Crippen LogP contribution in [-0.4, -0.2) is 38.8 Å². The summed E-state index contributed by atoms with van der Waals surface area (Å²) in [5.74, 6) is 0.404. The summed E-state index contributed by atoms with van der Waals surface area (Å²) >= 11 is 0. The van der Waals surface area contributed by atoms with E-state index in [0.29, 0.717) is 22.9 Å². The Bertz CT molecular complexity index is 911. The maximum atomic E-state index is 8.47. The molecule has 0 spiro atoms. The van der Waals surface area contributed by atoms with E-state index in [1.165, 1.54) is 0 Å². The second-order valence-electron chi connectivity index (χ2n) is 6.51. The van der Waals surface area contributed by atoms with Crippen LogP contribution in [0.15, 0.2) is 48.9 Å². The molecule has 0 radical (unpaired) electrons. The van der Waals surface area contributed by atoms with Crippen molar-refractivity contribution in [1.29, 1.82) is 5.41 Å². The van der Waals surface area contributed by atoms with E-state index < -0.39 is 0 Å². The maximum absolute atomic E-state index is 8.47. The molecule has 1 unspecified atom stereocenters. The van der Waals surface area contributed by atoms with Crippen molar-refractivity contribution in [1.82, 2.24) is 25.3 Å². The van der Waals surface area contributed by atoms with Gasteiger partial charge in [0.25, 0.3) is 0 Å². The molecule has 2 aromatic heterocycles. The zero-order valence-corrected chi connectivity index (χ0v) is 14.4. The van der Waals surface area contributed by atoms with E-state index in [4.69, 9.17) is 11.1 Å². The maximum Gasteiger partial charge on any atom is 0.0875 e. The fourth-order valence-electron chi connectivity index (χ4n) is 3.27. The number of hydrogen-bond donors (Lipinski definition) is 3. The number of nitrogens with zero attached hydrogens (tertiary/aromatic N) is 4. The van der Waals surface area contributed by atoms with Crippen molar-refractivity contribution >= 4 is 11.4 Å². The summed E-state index contributed by atoms with van der Waals surface area (Å²) in [6, 6.07) is 9.20. The third-order valence-corrected chi connectivity index (χ3v) is 4.77. The average Bonchev–Trinajstić information content (AvgIpc) is 3.19. The number of nitrogens with two attached hydrogens (primary N) is 1. The molecule has 26 heavy (non-hydrogen) atoms. The van der Waals surface area contributed by atoms with E-state index >= 15 is 0 Å². The molecule has 7 heteroatoms. The largest absolute Gasteiger partial charge is 0.398 e. The predicted molar refractivity (Wildman–Crippen MR) is 101 cm³/mol. The zero-order chi connectivity index (χ0) is 17.9. The molecule has 1 aliphatic heterocycles. The number of piperidine rings is 1. The Balaban J connectivity index is 1.64. The van der Waals surface area contributed by atoms with Crippen LogP contribution < -0.4 is 11.1 Å². The highest BCUT2D eigenvalue weighted by Crippen LogP contribution is 2.23. The molecule has 4 N–H and O–H groups in total. The van der Waals surface area contributed by atoms with Crippen LogP contribution in [0.25, 0.3) is 5.69 Å². The van der Waals surface area contributed by atoms with Gasteiger partial charge in [0.1, 0.15) is 0 Å². The smallest absolute Gasteiger partial charge is 0.0875 e. The third kappa shape index (κ3) is 3.21. The van der Waals surface area contributed by atoms with Crippen molar-refractivity contribution in [2.45, 2.75) is 18.8 Å². The van der Waals surface area contributed by atoms with Gasteiger partial charge in [-0.15, -0.1) is 5.10 Å². The predicted octanol–water partition coefficient (Wildman–Crippen LogP) is 2.13. The summed E-state index contributed by atoms with van der Waals surface area (Å²) in [6.45, 7) is 2.02. The Morgan fingerprint density at radius 3 is 2.85 bits per heavy atom. The Morgan fingerprint density at radius 2 is 2.08 bits per heavy atom. The first kappa shape index (κ1) is 16.4. The number of aromatic nitrogens is 4. The van der Waals surface area contributed by atoms with Crippen molar-refractivity contribution < 1.29 is 0 Å². The highest BCUT2D eigenvalue weighted by Gasteiger charge is 2.19. The van der Waals surface area contributed by atoms with Gasteiger partial charge >= 0.3 is 0 Å². The Kier molecular flexibility index (Phi) is 4.45. The summed E-state index contributed by atoms with van der Waals surface area (Å²) in [6.07, 6.45) is 7.61. The molecular weight excluding hydrogens is 326 g/mol. The average molecular weight is 347 g/mol. The molecule has 1 aromatic carbocycles. The van der Waals surface area contributed by atoms with Crippen LogP contribution >= 0.6 is 0 Å². The van der Waals surface area contributed by atoms with E-state index in [1.54, 1.807) is 29.2 Å². The molecule has 0 amide bonds. The molecule has 1 fully saturated rings. The van der Waals surface area contributed by atoms with Gasteiger partial charge in [-0.2, -0.15) is 0 Å². The number of nitrogen functional groups attached to an aromatic ring is 1. The van der Waals surface area contributed by atoms with Crippen molar-refractivity contribution in [2.24, 2.45) is 0 Å². The first-order valence-corrected chi connectivity index (χ1v) is 8.74. The Hall–Kier alpha value is -3.06. The van der Waals surface area contributed by atoms with Crippen LogP contribution in [0.3, 0.4) is 0 Å². The highest BCUT2D eigenvalue weighted by atomic mass is 15.4. The molecule has 1 atom stereocenters. The molecule has 3 aromatic rings. The summed E-state index contributed by atoms with van der Waals surface area (Å²) in [5.41, 5.74) is 10.3. The fourth-order valence-corrected chi connectivity index (χ4v) is 3.27. The van der Waals surface area contributed by atoms with Crippen LogP contribution in [0.1, 0.15) is 35.6 Å². The third-order valence-electron chi connectivity index (χ3n) is 4.77. The van der Waals surface area contributed by atoms with Gasteiger partial charge in [-0.1, -0.05) is 5.21 Å². The van der Waals surface area contributed by atoms with E-state index in [0.717, 1.165) is 42.9 Å². The second kappa shape index (κ2) is 7.05. The van der Waals surface area contributed by atoms with Crippen molar-refractivity contribution in [3.05, 3.63) is 65.7 Å². The minimum absolute atomic E-state index is 0.364. The minimum Gasteiger partial charge on any atom is -0.398 e. The van der Waals surface area contributed by atoms with E-state index in [9.17, 15) is 0 Å². The lowest BCUT2D eigenvalue weighted by Crippen LogP contribution is -2.28. The van der Waals surface area contributed by atoms with Crippen LogP contribution in [0.2, 0.25) is 0 Å². The quantitative estimate of drug-likeness (QED) is 0.495. The molecule has 0 bridgehead atoms. The lowest BCUT2D eigenvalue weighted by atomic mass is 9.97. The first-order valence-electron chi connectivity index (χ1n) is 8.74. The molecule has 0 aliphatic carbocycles. The molecule has 4 rings (SSSR count). The molecule has 7 nitrogen and oxygen atoms in total.